The van der Waals surface area contributed by atoms with E-state index in [4.69, 9.17) is 23.2 Å². The van der Waals surface area contributed by atoms with E-state index in [1.54, 1.807) is 11.3 Å². The lowest BCUT2D eigenvalue weighted by atomic mass is 10.1. The van der Waals surface area contributed by atoms with Gasteiger partial charge in [0.1, 0.15) is 0 Å². The molecule has 0 saturated heterocycles. The second kappa shape index (κ2) is 5.62. The van der Waals surface area contributed by atoms with Crippen LogP contribution in [0.4, 0.5) is 0 Å². The van der Waals surface area contributed by atoms with Gasteiger partial charge in [-0.05, 0) is 68.1 Å². The second-order valence-corrected chi connectivity index (χ2v) is 7.82. The summed E-state index contributed by atoms with van der Waals surface area (Å²) in [5.74, 6) is 0. The molecule has 1 aromatic carbocycles. The smallest absolute Gasteiger partial charge is 0.0929 e. The van der Waals surface area contributed by atoms with Gasteiger partial charge in [-0.3, -0.25) is 0 Å². The molecule has 1 heterocycles. The monoisotopic (exact) mass is 412 g/mol. The van der Waals surface area contributed by atoms with Gasteiger partial charge in [-0.2, -0.15) is 0 Å². The van der Waals surface area contributed by atoms with E-state index in [2.05, 4.69) is 37.9 Å². The Labute approximate surface area is 131 Å². The van der Waals surface area contributed by atoms with Gasteiger partial charge < -0.3 is 0 Å². The Bertz CT molecular complexity index is 512. The van der Waals surface area contributed by atoms with Gasteiger partial charge in [0.15, 0.2) is 0 Å². The second-order valence-electron chi connectivity index (χ2n) is 3.69. The molecule has 0 spiro atoms. The summed E-state index contributed by atoms with van der Waals surface area (Å²) < 4.78 is 2.08. The molecule has 17 heavy (non-hydrogen) atoms. The topological polar surface area (TPSA) is 0 Å². The minimum absolute atomic E-state index is 0.167. The molecule has 1 unspecified atom stereocenters. The number of benzene rings is 1. The number of halogens is 4. The Kier molecular flexibility index (Phi) is 4.59. The fraction of sp³-hybridized carbons (Fsp3) is 0.167. The highest BCUT2D eigenvalue weighted by molar-refractivity contribution is 9.13. The molecule has 0 nitrogen and oxygen atoms in total. The molecule has 0 bridgehead atoms. The molecule has 5 heteroatoms. The van der Waals surface area contributed by atoms with E-state index in [9.17, 15) is 0 Å². The first-order valence-electron chi connectivity index (χ1n) is 4.83. The molecule has 0 aliphatic carbocycles. The number of thiophene rings is 1. The highest BCUT2D eigenvalue weighted by Gasteiger charge is 2.16. The van der Waals surface area contributed by atoms with Crippen molar-refractivity contribution in [2.24, 2.45) is 0 Å². The van der Waals surface area contributed by atoms with Crippen LogP contribution in [0.5, 0.6) is 0 Å². The van der Waals surface area contributed by atoms with Crippen LogP contribution in [0.1, 0.15) is 21.4 Å². The van der Waals surface area contributed by atoms with Gasteiger partial charge in [0.2, 0.25) is 0 Å². The lowest BCUT2D eigenvalue weighted by Crippen LogP contribution is -1.91. The summed E-state index contributed by atoms with van der Waals surface area (Å²) in [5, 5.41) is 0.556. The fourth-order valence-corrected chi connectivity index (χ4v) is 4.28. The predicted octanol–water partition coefficient (Wildman–Crippen LogP) is 6.56. The third-order valence-electron chi connectivity index (χ3n) is 2.27. The van der Waals surface area contributed by atoms with Crippen molar-refractivity contribution >= 4 is 66.4 Å². The van der Waals surface area contributed by atoms with E-state index in [0.29, 0.717) is 0 Å². The van der Waals surface area contributed by atoms with Gasteiger partial charge in [0, 0.05) is 14.4 Å². The van der Waals surface area contributed by atoms with E-state index in [0.717, 1.165) is 29.3 Å². The van der Waals surface area contributed by atoms with Gasteiger partial charge in [0.25, 0.3) is 0 Å². The lowest BCUT2D eigenvalue weighted by molar-refractivity contribution is 1.17. The highest BCUT2D eigenvalue weighted by atomic mass is 79.9. The average Bonchev–Trinajstić information content (AvgIpc) is 2.57. The molecule has 0 N–H and O–H groups in total. The molecule has 1 atom stereocenters. The number of hydrogen-bond acceptors (Lipinski definition) is 1. The van der Waals surface area contributed by atoms with Crippen LogP contribution in [0, 0.1) is 6.92 Å². The lowest BCUT2D eigenvalue weighted by Gasteiger charge is -2.09. The van der Waals surface area contributed by atoms with Crippen LogP contribution in [-0.2, 0) is 0 Å². The average molecular weight is 415 g/mol. The van der Waals surface area contributed by atoms with Crippen LogP contribution in [0.3, 0.4) is 0 Å². The summed E-state index contributed by atoms with van der Waals surface area (Å²) in [5.41, 5.74) is 2.14. The zero-order valence-electron chi connectivity index (χ0n) is 8.81. The molecule has 0 saturated carbocycles. The van der Waals surface area contributed by atoms with Gasteiger partial charge in [-0.15, -0.1) is 22.9 Å². The third-order valence-corrected chi connectivity index (χ3v) is 6.43. The fourth-order valence-electron chi connectivity index (χ4n) is 1.56. The number of aryl methyl sites for hydroxylation is 1. The third kappa shape index (κ3) is 3.27. The molecular weight excluding hydrogens is 407 g/mol. The summed E-state index contributed by atoms with van der Waals surface area (Å²) in [6.45, 7) is 2.01. The van der Waals surface area contributed by atoms with Crippen molar-refractivity contribution in [3.63, 3.8) is 0 Å². The normalized spacial score (nSPS) is 12.8. The molecule has 2 aromatic rings. The quantitative estimate of drug-likeness (QED) is 0.488. The van der Waals surface area contributed by atoms with Gasteiger partial charge in [-0.1, -0.05) is 17.7 Å². The molecule has 1 aromatic heterocycles. The summed E-state index contributed by atoms with van der Waals surface area (Å²) in [6, 6.07) is 7.93. The first kappa shape index (κ1) is 13.9. The molecule has 0 aliphatic rings. The molecular formula is C12H8Br2Cl2S. The van der Waals surface area contributed by atoms with Crippen molar-refractivity contribution in [3.05, 3.63) is 53.6 Å². The Hall–Kier alpha value is 0.460. The summed E-state index contributed by atoms with van der Waals surface area (Å²) in [6.07, 6.45) is 0. The van der Waals surface area contributed by atoms with Crippen molar-refractivity contribution in [1.82, 2.24) is 0 Å². The SMILES string of the molecule is Cc1cc(Cl)cc(C(Cl)c2cc(Br)c(Br)s2)c1. The van der Waals surface area contributed by atoms with Gasteiger partial charge in [-0.25, -0.2) is 0 Å². The molecule has 0 amide bonds. The molecule has 2 rings (SSSR count). The van der Waals surface area contributed by atoms with Crippen molar-refractivity contribution in [1.29, 1.82) is 0 Å². The zero-order chi connectivity index (χ0) is 12.6. The Morgan fingerprint density at radius 2 is 1.88 bits per heavy atom. The predicted molar refractivity (Wildman–Crippen MR) is 83.6 cm³/mol. The van der Waals surface area contributed by atoms with Crippen LogP contribution in [0.25, 0.3) is 0 Å². The van der Waals surface area contributed by atoms with Crippen molar-refractivity contribution in [3.8, 4) is 0 Å². The van der Waals surface area contributed by atoms with Crippen molar-refractivity contribution < 1.29 is 0 Å². The molecule has 0 radical (unpaired) electrons. The van der Waals surface area contributed by atoms with E-state index in [1.807, 2.05) is 25.1 Å². The first-order chi connectivity index (χ1) is 7.97. The van der Waals surface area contributed by atoms with Crippen molar-refractivity contribution in [2.45, 2.75) is 12.3 Å². The van der Waals surface area contributed by atoms with Gasteiger partial charge >= 0.3 is 0 Å². The maximum absolute atomic E-state index is 6.47. The highest BCUT2D eigenvalue weighted by Crippen LogP contribution is 2.40. The van der Waals surface area contributed by atoms with E-state index in [-0.39, 0.29) is 5.38 Å². The largest absolute Gasteiger partial charge is 0.130 e. The number of hydrogen-bond donors (Lipinski definition) is 0. The maximum Gasteiger partial charge on any atom is 0.0929 e. The van der Waals surface area contributed by atoms with E-state index >= 15 is 0 Å². The summed E-state index contributed by atoms with van der Waals surface area (Å²) >= 11 is 21.1. The van der Waals surface area contributed by atoms with Crippen LogP contribution >= 0.6 is 66.4 Å². The van der Waals surface area contributed by atoms with Crippen molar-refractivity contribution in [2.75, 3.05) is 0 Å². The van der Waals surface area contributed by atoms with Crippen LogP contribution < -0.4 is 0 Å². The first-order valence-corrected chi connectivity index (χ1v) is 8.05. The Morgan fingerprint density at radius 1 is 1.18 bits per heavy atom. The minimum Gasteiger partial charge on any atom is -0.130 e. The Balaban J connectivity index is 2.39. The maximum atomic E-state index is 6.47. The van der Waals surface area contributed by atoms with Gasteiger partial charge in [0.05, 0.1) is 9.16 Å². The summed E-state index contributed by atoms with van der Waals surface area (Å²) in [7, 11) is 0. The zero-order valence-corrected chi connectivity index (χ0v) is 14.3. The van der Waals surface area contributed by atoms with E-state index in [1.165, 1.54) is 0 Å². The molecule has 0 aliphatic heterocycles. The number of alkyl halides is 1. The minimum atomic E-state index is -0.167. The molecule has 90 valence electrons. The standard InChI is InChI=1S/C12H8Br2Cl2S/c1-6-2-7(4-8(15)3-6)11(16)10-5-9(13)12(14)17-10/h2-5,11H,1H3. The molecule has 0 fully saturated rings. The van der Waals surface area contributed by atoms with E-state index < -0.39 is 0 Å². The summed E-state index contributed by atoms with van der Waals surface area (Å²) in [4.78, 5) is 1.09. The van der Waals surface area contributed by atoms with Crippen LogP contribution in [-0.4, -0.2) is 0 Å². The number of rotatable bonds is 2. The van der Waals surface area contributed by atoms with Crippen LogP contribution in [0.2, 0.25) is 5.02 Å². The van der Waals surface area contributed by atoms with Crippen LogP contribution in [0.15, 0.2) is 32.5 Å². The Morgan fingerprint density at radius 3 is 2.41 bits per heavy atom.